The van der Waals surface area contributed by atoms with E-state index < -0.39 is 10.1 Å². The summed E-state index contributed by atoms with van der Waals surface area (Å²) in [7, 11) is -3.70. The second-order valence-corrected chi connectivity index (χ2v) is 5.73. The van der Waals surface area contributed by atoms with Crippen molar-refractivity contribution in [3.05, 3.63) is 41.4 Å². The maximum absolute atomic E-state index is 11.8. The fraction of sp³-hybridized carbons (Fsp3) is 0.200. The largest absolute Gasteiger partial charge is 0.317 e. The predicted octanol–water partition coefficient (Wildman–Crippen LogP) is 2.09. The predicted molar refractivity (Wildman–Crippen MR) is 62.9 cm³/mol. The van der Waals surface area contributed by atoms with Gasteiger partial charge in [0.1, 0.15) is 0 Å². The van der Waals surface area contributed by atoms with E-state index >= 15 is 0 Å². The van der Waals surface area contributed by atoms with Gasteiger partial charge < -0.3 is 0 Å². The summed E-state index contributed by atoms with van der Waals surface area (Å²) in [6.07, 6.45) is 1.59. The Kier molecular flexibility index (Phi) is 3.22. The first-order chi connectivity index (χ1) is 7.58. The molecule has 1 aromatic rings. The number of aryl methyl sites for hydroxylation is 1. The Hall–Kier alpha value is -0.980. The first-order valence-corrected chi connectivity index (χ1v) is 7.10. The van der Waals surface area contributed by atoms with Crippen LogP contribution in [0.2, 0.25) is 0 Å². The molecule has 0 amide bonds. The van der Waals surface area contributed by atoms with Crippen LogP contribution in [0.15, 0.2) is 40.8 Å². The molecule has 86 valence electrons. The van der Waals surface area contributed by atoms with Crippen molar-refractivity contribution in [2.75, 3.05) is 5.88 Å². The zero-order chi connectivity index (χ0) is 11.6. The number of hydroxylamine groups is 2. The molecular formula is C10H11NO3S2. The van der Waals surface area contributed by atoms with Gasteiger partial charge in [0.25, 0.3) is 0 Å². The first kappa shape index (κ1) is 11.5. The molecule has 0 radical (unpaired) electrons. The van der Waals surface area contributed by atoms with Crippen molar-refractivity contribution >= 4 is 21.9 Å². The molecule has 0 aromatic heterocycles. The maximum atomic E-state index is 11.8. The Morgan fingerprint density at radius 1 is 1.31 bits per heavy atom. The minimum atomic E-state index is -3.70. The summed E-state index contributed by atoms with van der Waals surface area (Å²) in [4.78, 5) is 0.170. The van der Waals surface area contributed by atoms with Gasteiger partial charge in [0, 0.05) is 6.20 Å². The lowest BCUT2D eigenvalue weighted by atomic mass is 10.2. The monoisotopic (exact) mass is 257 g/mol. The highest BCUT2D eigenvalue weighted by Crippen LogP contribution is 2.20. The van der Waals surface area contributed by atoms with Gasteiger partial charge >= 0.3 is 10.1 Å². The molecule has 0 atom stereocenters. The van der Waals surface area contributed by atoms with Crippen LogP contribution >= 0.6 is 11.8 Å². The highest BCUT2D eigenvalue weighted by atomic mass is 32.2. The smallest absolute Gasteiger partial charge is 0.233 e. The third kappa shape index (κ3) is 2.58. The molecule has 2 rings (SSSR count). The molecule has 1 heterocycles. The van der Waals surface area contributed by atoms with Crippen molar-refractivity contribution < 1.29 is 12.7 Å². The highest BCUT2D eigenvalue weighted by Gasteiger charge is 2.19. The highest BCUT2D eigenvalue weighted by molar-refractivity contribution is 8.02. The van der Waals surface area contributed by atoms with E-state index in [1.54, 1.807) is 23.7 Å². The Balaban J connectivity index is 2.18. The van der Waals surface area contributed by atoms with E-state index in [1.165, 1.54) is 29.0 Å². The number of thioether (sulfide) groups is 1. The number of nitrogens with zero attached hydrogens (tertiary/aromatic N) is 1. The molecule has 16 heavy (non-hydrogen) atoms. The van der Waals surface area contributed by atoms with Gasteiger partial charge in [-0.05, 0) is 24.5 Å². The third-order valence-electron chi connectivity index (χ3n) is 2.03. The zero-order valence-electron chi connectivity index (χ0n) is 8.66. The molecule has 0 N–H and O–H groups in total. The number of benzene rings is 1. The average molecular weight is 257 g/mol. The molecule has 1 aromatic carbocycles. The molecule has 0 spiro atoms. The third-order valence-corrected chi connectivity index (χ3v) is 3.98. The van der Waals surface area contributed by atoms with E-state index in [-0.39, 0.29) is 4.90 Å². The van der Waals surface area contributed by atoms with Crippen molar-refractivity contribution in [2.24, 2.45) is 0 Å². The Morgan fingerprint density at radius 2 is 2.00 bits per heavy atom. The van der Waals surface area contributed by atoms with Crippen LogP contribution in [0.3, 0.4) is 0 Å². The van der Waals surface area contributed by atoms with Gasteiger partial charge in [-0.15, -0.1) is 16.0 Å². The van der Waals surface area contributed by atoms with Gasteiger partial charge in [-0.2, -0.15) is 8.42 Å². The Labute approximate surface area is 99.0 Å². The lowest BCUT2D eigenvalue weighted by molar-refractivity contribution is 0.0255. The van der Waals surface area contributed by atoms with Crippen molar-refractivity contribution in [3.8, 4) is 0 Å². The summed E-state index contributed by atoms with van der Waals surface area (Å²) >= 11 is 1.48. The topological polar surface area (TPSA) is 46.6 Å². The molecular weight excluding hydrogens is 246 g/mol. The van der Waals surface area contributed by atoms with Crippen LogP contribution in [0.5, 0.6) is 0 Å². The summed E-state index contributed by atoms with van der Waals surface area (Å²) in [5.74, 6) is 0.491. The van der Waals surface area contributed by atoms with Crippen molar-refractivity contribution in [2.45, 2.75) is 11.8 Å². The van der Waals surface area contributed by atoms with Gasteiger partial charge in [-0.3, -0.25) is 0 Å². The number of hydrogen-bond acceptors (Lipinski definition) is 5. The lowest BCUT2D eigenvalue weighted by Gasteiger charge is -2.13. The van der Waals surface area contributed by atoms with Gasteiger partial charge in [0.05, 0.1) is 10.8 Å². The molecule has 1 aliphatic rings. The summed E-state index contributed by atoms with van der Waals surface area (Å²) in [5.41, 5.74) is 1.01. The summed E-state index contributed by atoms with van der Waals surface area (Å²) in [5, 5.41) is 3.07. The van der Waals surface area contributed by atoms with Crippen LogP contribution in [-0.4, -0.2) is 19.4 Å². The quantitative estimate of drug-likeness (QED) is 0.829. The van der Waals surface area contributed by atoms with E-state index in [4.69, 9.17) is 4.28 Å². The molecule has 4 nitrogen and oxygen atoms in total. The lowest BCUT2D eigenvalue weighted by Crippen LogP contribution is -2.19. The normalized spacial score (nSPS) is 15.7. The van der Waals surface area contributed by atoms with Crippen molar-refractivity contribution in [1.82, 2.24) is 5.06 Å². The fourth-order valence-electron chi connectivity index (χ4n) is 1.19. The van der Waals surface area contributed by atoms with E-state index in [0.29, 0.717) is 5.88 Å². The SMILES string of the molecule is Cc1ccc(S(=O)(=O)ON2C=CSC2)cc1. The molecule has 0 saturated carbocycles. The summed E-state index contributed by atoms with van der Waals surface area (Å²) in [6, 6.07) is 6.56. The van der Waals surface area contributed by atoms with Crippen LogP contribution in [0.4, 0.5) is 0 Å². The molecule has 6 heteroatoms. The van der Waals surface area contributed by atoms with Crippen LogP contribution in [0.25, 0.3) is 0 Å². The Bertz CT molecular complexity index is 493. The van der Waals surface area contributed by atoms with Crippen molar-refractivity contribution in [1.29, 1.82) is 0 Å². The molecule has 1 aliphatic heterocycles. The van der Waals surface area contributed by atoms with Gasteiger partial charge in [-0.1, -0.05) is 17.7 Å². The summed E-state index contributed by atoms with van der Waals surface area (Å²) in [6.45, 7) is 1.90. The van der Waals surface area contributed by atoms with Gasteiger partial charge in [0.15, 0.2) is 0 Å². The van der Waals surface area contributed by atoms with Gasteiger partial charge in [0.2, 0.25) is 0 Å². The van der Waals surface area contributed by atoms with E-state index in [9.17, 15) is 8.42 Å². The zero-order valence-corrected chi connectivity index (χ0v) is 10.3. The van der Waals surface area contributed by atoms with Gasteiger partial charge in [-0.25, -0.2) is 5.06 Å². The fourth-order valence-corrected chi connectivity index (χ4v) is 2.76. The van der Waals surface area contributed by atoms with Crippen LogP contribution in [0, 0.1) is 6.92 Å². The molecule has 0 aliphatic carbocycles. The van der Waals surface area contributed by atoms with Crippen LogP contribution in [-0.2, 0) is 14.4 Å². The average Bonchev–Trinajstić information content (AvgIpc) is 2.70. The van der Waals surface area contributed by atoms with E-state index in [0.717, 1.165) is 5.56 Å². The van der Waals surface area contributed by atoms with Crippen LogP contribution in [0.1, 0.15) is 5.56 Å². The summed E-state index contributed by atoms with van der Waals surface area (Å²) < 4.78 is 28.5. The molecule has 0 fully saturated rings. The standard InChI is InChI=1S/C10H11NO3S2/c1-9-2-4-10(5-3-9)16(12,13)14-11-6-7-15-8-11/h2-7H,8H2,1H3. The van der Waals surface area contributed by atoms with Crippen molar-refractivity contribution in [3.63, 3.8) is 0 Å². The molecule has 0 bridgehead atoms. The molecule has 0 unspecified atom stereocenters. The first-order valence-electron chi connectivity index (χ1n) is 4.64. The van der Waals surface area contributed by atoms with Crippen LogP contribution < -0.4 is 0 Å². The second-order valence-electron chi connectivity index (χ2n) is 3.34. The molecule has 0 saturated heterocycles. The van der Waals surface area contributed by atoms with E-state index in [1.807, 2.05) is 6.92 Å². The Morgan fingerprint density at radius 3 is 2.56 bits per heavy atom. The second kappa shape index (κ2) is 4.48. The minimum absolute atomic E-state index is 0.170. The van der Waals surface area contributed by atoms with E-state index in [2.05, 4.69) is 0 Å². The number of hydrogen-bond donors (Lipinski definition) is 0. The minimum Gasteiger partial charge on any atom is -0.233 e. The number of rotatable bonds is 3. The maximum Gasteiger partial charge on any atom is 0.317 e.